The molecule has 1 atom stereocenters. The Morgan fingerprint density at radius 3 is 2.83 bits per heavy atom. The van der Waals surface area contributed by atoms with Gasteiger partial charge < -0.3 is 4.90 Å². The Labute approximate surface area is 146 Å². The van der Waals surface area contributed by atoms with Crippen molar-refractivity contribution in [3.8, 4) is 6.07 Å². The van der Waals surface area contributed by atoms with Crippen LogP contribution in [-0.4, -0.2) is 24.5 Å². The highest BCUT2D eigenvalue weighted by Crippen LogP contribution is 2.34. The molecule has 3 rings (SSSR count). The highest BCUT2D eigenvalue weighted by Gasteiger charge is 2.23. The summed E-state index contributed by atoms with van der Waals surface area (Å²) < 4.78 is 0. The number of nitriles is 1. The van der Waals surface area contributed by atoms with Crippen LogP contribution in [0.4, 0.5) is 0 Å². The predicted octanol–water partition coefficient (Wildman–Crippen LogP) is 5.25. The number of nitrogens with zero attached hydrogens (tertiary/aromatic N) is 2. The lowest BCUT2D eigenvalue weighted by atomic mass is 9.85. The van der Waals surface area contributed by atoms with Gasteiger partial charge in [0.05, 0.1) is 11.6 Å². The SMILES string of the molecule is CCCCN1CCCC(c2cc(C#N)cc3ccc(CC)cc23)C1. The number of unbranched alkanes of at least 4 members (excludes halogenated alkanes) is 1. The normalized spacial score (nSPS) is 18.6. The van der Waals surface area contributed by atoms with Crippen LogP contribution in [0, 0.1) is 11.3 Å². The van der Waals surface area contributed by atoms with Crippen LogP contribution < -0.4 is 0 Å². The topological polar surface area (TPSA) is 27.0 Å². The lowest BCUT2D eigenvalue weighted by Crippen LogP contribution is -2.35. The summed E-state index contributed by atoms with van der Waals surface area (Å²) in [6.45, 7) is 8.05. The first-order valence-electron chi connectivity index (χ1n) is 9.44. The maximum Gasteiger partial charge on any atom is 0.0991 e. The lowest BCUT2D eigenvalue weighted by Gasteiger charge is -2.33. The molecule has 0 N–H and O–H groups in total. The second kappa shape index (κ2) is 7.81. The first kappa shape index (κ1) is 17.0. The van der Waals surface area contributed by atoms with Gasteiger partial charge in [-0.25, -0.2) is 0 Å². The Morgan fingerprint density at radius 1 is 1.21 bits per heavy atom. The molecule has 1 aliphatic heterocycles. The average molecular weight is 320 g/mol. The van der Waals surface area contributed by atoms with Crippen LogP contribution in [0.25, 0.3) is 10.8 Å². The van der Waals surface area contributed by atoms with Gasteiger partial charge >= 0.3 is 0 Å². The van der Waals surface area contributed by atoms with Crippen LogP contribution in [0.15, 0.2) is 30.3 Å². The first-order chi connectivity index (χ1) is 11.7. The van der Waals surface area contributed by atoms with Gasteiger partial charge in [0.1, 0.15) is 0 Å². The van der Waals surface area contributed by atoms with E-state index < -0.39 is 0 Å². The van der Waals surface area contributed by atoms with Crippen LogP contribution in [-0.2, 0) is 6.42 Å². The van der Waals surface area contributed by atoms with Crippen molar-refractivity contribution < 1.29 is 0 Å². The van der Waals surface area contributed by atoms with Gasteiger partial charge in [0, 0.05) is 6.54 Å². The summed E-state index contributed by atoms with van der Waals surface area (Å²) >= 11 is 0. The Kier molecular flexibility index (Phi) is 5.53. The quantitative estimate of drug-likeness (QED) is 0.752. The number of benzene rings is 2. The largest absolute Gasteiger partial charge is 0.303 e. The Morgan fingerprint density at radius 2 is 2.08 bits per heavy atom. The zero-order valence-electron chi connectivity index (χ0n) is 15.0. The Balaban J connectivity index is 1.98. The van der Waals surface area contributed by atoms with Crippen LogP contribution in [0.1, 0.15) is 62.1 Å². The van der Waals surface area contributed by atoms with E-state index in [1.165, 1.54) is 60.7 Å². The van der Waals surface area contributed by atoms with Gasteiger partial charge in [-0.05, 0) is 78.7 Å². The van der Waals surface area contributed by atoms with Gasteiger partial charge in [-0.3, -0.25) is 0 Å². The molecule has 1 heterocycles. The molecular weight excluding hydrogens is 292 g/mol. The molecule has 126 valence electrons. The maximum atomic E-state index is 9.43. The fourth-order valence-corrected chi connectivity index (χ4v) is 3.95. The fourth-order valence-electron chi connectivity index (χ4n) is 3.95. The molecule has 0 radical (unpaired) electrons. The number of likely N-dealkylation sites (tertiary alicyclic amines) is 1. The second-order valence-corrected chi connectivity index (χ2v) is 7.08. The van der Waals surface area contributed by atoms with Crippen molar-refractivity contribution in [1.82, 2.24) is 4.90 Å². The molecular formula is C22H28N2. The summed E-state index contributed by atoms with van der Waals surface area (Å²) in [6, 6.07) is 13.3. The zero-order chi connectivity index (χ0) is 16.9. The van der Waals surface area contributed by atoms with E-state index in [4.69, 9.17) is 0 Å². The van der Waals surface area contributed by atoms with Crippen LogP contribution in [0.2, 0.25) is 0 Å². The monoisotopic (exact) mass is 320 g/mol. The molecule has 1 saturated heterocycles. The van der Waals surface area contributed by atoms with Gasteiger partial charge in [0.2, 0.25) is 0 Å². The summed E-state index contributed by atoms with van der Waals surface area (Å²) in [4.78, 5) is 2.62. The summed E-state index contributed by atoms with van der Waals surface area (Å²) in [6.07, 6.45) is 6.10. The molecule has 1 unspecified atom stereocenters. The van der Waals surface area contributed by atoms with Crippen molar-refractivity contribution in [2.75, 3.05) is 19.6 Å². The maximum absolute atomic E-state index is 9.43. The molecule has 2 heteroatoms. The van der Waals surface area contributed by atoms with Crippen LogP contribution >= 0.6 is 0 Å². The smallest absolute Gasteiger partial charge is 0.0991 e. The van der Waals surface area contributed by atoms with Crippen LogP contribution in [0.5, 0.6) is 0 Å². The third kappa shape index (κ3) is 3.62. The number of aryl methyl sites for hydroxylation is 1. The molecule has 2 nitrogen and oxygen atoms in total. The van der Waals surface area contributed by atoms with Crippen molar-refractivity contribution in [1.29, 1.82) is 5.26 Å². The van der Waals surface area contributed by atoms with Gasteiger partial charge in [-0.1, -0.05) is 38.5 Å². The molecule has 1 fully saturated rings. The van der Waals surface area contributed by atoms with E-state index in [0.717, 1.165) is 18.5 Å². The van der Waals surface area contributed by atoms with E-state index in [0.29, 0.717) is 5.92 Å². The minimum Gasteiger partial charge on any atom is -0.303 e. The van der Waals surface area contributed by atoms with Crippen LogP contribution in [0.3, 0.4) is 0 Å². The molecule has 0 bridgehead atoms. The van der Waals surface area contributed by atoms with Gasteiger partial charge in [-0.15, -0.1) is 0 Å². The third-order valence-electron chi connectivity index (χ3n) is 5.36. The molecule has 2 aromatic carbocycles. The van der Waals surface area contributed by atoms with Crippen molar-refractivity contribution in [3.05, 3.63) is 47.0 Å². The molecule has 2 aromatic rings. The lowest BCUT2D eigenvalue weighted by molar-refractivity contribution is 0.206. The standard InChI is InChI=1S/C22H28N2/c1-3-5-10-24-11-6-7-20(16-24)22-14-18(15-23)12-19-9-8-17(4-2)13-21(19)22/h8-9,12-14,20H,3-7,10-11,16H2,1-2H3. The Hall–Kier alpha value is -1.85. The first-order valence-corrected chi connectivity index (χ1v) is 9.44. The molecule has 0 spiro atoms. The molecule has 0 aromatic heterocycles. The Bertz CT molecular complexity index is 741. The summed E-state index contributed by atoms with van der Waals surface area (Å²) in [5.41, 5.74) is 3.57. The number of piperidine rings is 1. The van der Waals surface area contributed by atoms with Gasteiger partial charge in [-0.2, -0.15) is 5.26 Å². The molecule has 24 heavy (non-hydrogen) atoms. The second-order valence-electron chi connectivity index (χ2n) is 7.08. The number of fused-ring (bicyclic) bond motifs is 1. The highest BCUT2D eigenvalue weighted by atomic mass is 15.1. The molecule has 0 saturated carbocycles. The minimum atomic E-state index is 0.554. The third-order valence-corrected chi connectivity index (χ3v) is 5.36. The summed E-state index contributed by atoms with van der Waals surface area (Å²) in [7, 11) is 0. The van der Waals surface area contributed by atoms with Crippen molar-refractivity contribution >= 4 is 10.8 Å². The summed E-state index contributed by atoms with van der Waals surface area (Å²) in [5, 5.41) is 12.0. The van der Waals surface area contributed by atoms with E-state index in [2.05, 4.69) is 49.1 Å². The van der Waals surface area contributed by atoms with E-state index in [1.807, 2.05) is 6.07 Å². The predicted molar refractivity (Wildman–Crippen MR) is 101 cm³/mol. The number of rotatable bonds is 5. The molecule has 0 aliphatic carbocycles. The fraction of sp³-hybridized carbons (Fsp3) is 0.500. The van der Waals surface area contributed by atoms with Gasteiger partial charge in [0.25, 0.3) is 0 Å². The molecule has 0 amide bonds. The van der Waals surface area contributed by atoms with E-state index >= 15 is 0 Å². The summed E-state index contributed by atoms with van der Waals surface area (Å²) in [5.74, 6) is 0.554. The van der Waals surface area contributed by atoms with E-state index in [9.17, 15) is 5.26 Å². The van der Waals surface area contributed by atoms with Crippen molar-refractivity contribution in [3.63, 3.8) is 0 Å². The van der Waals surface area contributed by atoms with Crippen molar-refractivity contribution in [2.45, 2.75) is 51.9 Å². The zero-order valence-corrected chi connectivity index (χ0v) is 15.0. The average Bonchev–Trinajstić information content (AvgIpc) is 2.65. The molecule has 1 aliphatic rings. The highest BCUT2D eigenvalue weighted by molar-refractivity contribution is 5.88. The number of hydrogen-bond donors (Lipinski definition) is 0. The van der Waals surface area contributed by atoms with E-state index in [1.54, 1.807) is 0 Å². The minimum absolute atomic E-state index is 0.554. The van der Waals surface area contributed by atoms with E-state index in [-0.39, 0.29) is 0 Å². The van der Waals surface area contributed by atoms with Crippen molar-refractivity contribution in [2.24, 2.45) is 0 Å². The van der Waals surface area contributed by atoms with Gasteiger partial charge in [0.15, 0.2) is 0 Å². The number of hydrogen-bond acceptors (Lipinski definition) is 2.